The van der Waals surface area contributed by atoms with Gasteiger partial charge in [-0.15, -0.1) is 0 Å². The van der Waals surface area contributed by atoms with Crippen molar-refractivity contribution in [2.75, 3.05) is 12.1 Å². The zero-order valence-electron chi connectivity index (χ0n) is 15.5. The van der Waals surface area contributed by atoms with Crippen LogP contribution in [0, 0.1) is 14.9 Å². The number of H-pyrrole nitrogens is 1. The summed E-state index contributed by atoms with van der Waals surface area (Å²) in [6.07, 6.45) is 4.66. The van der Waals surface area contributed by atoms with Crippen molar-refractivity contribution < 1.29 is 9.66 Å². The molecular weight excluding hydrogens is 392 g/mol. The minimum Gasteiger partial charge on any atom is -0.494 e. The summed E-state index contributed by atoms with van der Waals surface area (Å²) in [4.78, 5) is 10.6. The molecule has 0 unspecified atom stereocenters. The molecule has 0 saturated carbocycles. The maximum Gasteiger partial charge on any atom is 0.276 e. The van der Waals surface area contributed by atoms with Gasteiger partial charge in [0.05, 0.1) is 17.1 Å². The van der Waals surface area contributed by atoms with Crippen molar-refractivity contribution in [3.8, 4) is 17.1 Å². The van der Waals surface area contributed by atoms with Gasteiger partial charge in [-0.2, -0.15) is 14.9 Å². The van der Waals surface area contributed by atoms with Crippen molar-refractivity contribution in [2.45, 2.75) is 6.92 Å². The average Bonchev–Trinajstić information content (AvgIpc) is 3.09. The quantitative estimate of drug-likeness (QED) is 0.250. The molecule has 0 aliphatic rings. The number of nitro groups is 1. The van der Waals surface area contributed by atoms with Crippen LogP contribution in [0.1, 0.15) is 12.5 Å². The van der Waals surface area contributed by atoms with Gasteiger partial charge in [0.15, 0.2) is 5.82 Å². The Labute approximate surface area is 171 Å². The molecule has 148 valence electrons. The lowest BCUT2D eigenvalue weighted by molar-refractivity contribution is -0.385. The van der Waals surface area contributed by atoms with Crippen LogP contribution in [-0.2, 0) is 0 Å². The number of benzene rings is 2. The maximum absolute atomic E-state index is 11.0. The van der Waals surface area contributed by atoms with Crippen molar-refractivity contribution >= 4 is 30.2 Å². The summed E-state index contributed by atoms with van der Waals surface area (Å²) in [7, 11) is 0. The number of nitro benzene ring substituents is 1. The number of hydrogen-bond donors (Lipinski definition) is 2. The number of hydrazone groups is 1. The van der Waals surface area contributed by atoms with E-state index in [1.54, 1.807) is 30.4 Å². The van der Waals surface area contributed by atoms with Crippen LogP contribution in [0.25, 0.3) is 17.5 Å². The van der Waals surface area contributed by atoms with E-state index in [1.165, 1.54) is 17.0 Å². The van der Waals surface area contributed by atoms with Crippen LogP contribution in [0.4, 0.5) is 5.69 Å². The highest BCUT2D eigenvalue weighted by Gasteiger charge is 2.09. The fraction of sp³-hybridized carbons (Fsp3) is 0.105. The fourth-order valence-corrected chi connectivity index (χ4v) is 2.70. The van der Waals surface area contributed by atoms with Crippen LogP contribution in [0.5, 0.6) is 5.75 Å². The number of nitrogens with zero attached hydrogens (tertiary/aromatic N) is 4. The van der Waals surface area contributed by atoms with Gasteiger partial charge in [-0.25, -0.2) is 10.6 Å². The Morgan fingerprint density at radius 2 is 2.07 bits per heavy atom. The second-order valence-electron chi connectivity index (χ2n) is 5.70. The zero-order chi connectivity index (χ0) is 20.6. The summed E-state index contributed by atoms with van der Waals surface area (Å²) in [5.41, 5.74) is 4.13. The Morgan fingerprint density at radius 1 is 1.31 bits per heavy atom. The molecule has 9 nitrogen and oxygen atoms in total. The molecule has 0 atom stereocenters. The third kappa shape index (κ3) is 4.93. The van der Waals surface area contributed by atoms with Crippen molar-refractivity contribution in [2.24, 2.45) is 5.10 Å². The summed E-state index contributed by atoms with van der Waals surface area (Å²) in [6, 6.07) is 13.9. The molecule has 0 aliphatic carbocycles. The molecule has 1 heterocycles. The number of allylic oxidation sites excluding steroid dienone is 1. The topological polar surface area (TPSA) is 110 Å². The lowest BCUT2D eigenvalue weighted by Crippen LogP contribution is -2.10. The van der Waals surface area contributed by atoms with Crippen LogP contribution < -0.4 is 10.3 Å². The van der Waals surface area contributed by atoms with E-state index in [9.17, 15) is 10.1 Å². The predicted molar refractivity (Wildman–Crippen MR) is 114 cm³/mol. The lowest BCUT2D eigenvalue weighted by atomic mass is 10.2. The second-order valence-corrected chi connectivity index (χ2v) is 6.09. The molecular formula is C19H18N6O3S. The molecule has 0 radical (unpaired) electrons. The van der Waals surface area contributed by atoms with Gasteiger partial charge in [-0.1, -0.05) is 12.1 Å². The fourth-order valence-electron chi connectivity index (χ4n) is 2.53. The van der Waals surface area contributed by atoms with Crippen molar-refractivity contribution in [3.63, 3.8) is 0 Å². The van der Waals surface area contributed by atoms with E-state index in [-0.39, 0.29) is 5.69 Å². The average molecular weight is 410 g/mol. The van der Waals surface area contributed by atoms with E-state index in [2.05, 4.69) is 20.8 Å². The van der Waals surface area contributed by atoms with E-state index in [0.29, 0.717) is 22.8 Å². The van der Waals surface area contributed by atoms with Gasteiger partial charge in [0, 0.05) is 17.8 Å². The number of nitrogens with one attached hydrogen (secondary N) is 2. The smallest absolute Gasteiger partial charge is 0.276 e. The standard InChI is InChI=1S/C19H18N6O3S/c1-2-28-16-11-9-15(10-12-16)18-21-22-19(29)24(18)23-20-13-5-7-14-6-3-4-8-17(14)25(26)27/h3-13,23H,2H2,1H3,(H,22,29)/b7-5+,20-13+. The van der Waals surface area contributed by atoms with Crippen LogP contribution in [0.15, 0.2) is 59.7 Å². The first-order valence-electron chi connectivity index (χ1n) is 8.70. The molecule has 3 aromatic rings. The lowest BCUT2D eigenvalue weighted by Gasteiger charge is -2.06. The summed E-state index contributed by atoms with van der Waals surface area (Å²) >= 11 is 5.23. The van der Waals surface area contributed by atoms with Gasteiger partial charge >= 0.3 is 0 Å². The largest absolute Gasteiger partial charge is 0.494 e. The number of aromatic nitrogens is 3. The van der Waals surface area contributed by atoms with Crippen molar-refractivity contribution in [1.29, 1.82) is 0 Å². The molecule has 0 fully saturated rings. The van der Waals surface area contributed by atoms with Crippen LogP contribution in [-0.4, -0.2) is 32.6 Å². The van der Waals surface area contributed by atoms with Gasteiger partial charge in [-0.3, -0.25) is 10.1 Å². The number of hydrogen-bond acceptors (Lipinski definition) is 7. The highest BCUT2D eigenvalue weighted by atomic mass is 32.1. The molecule has 1 aromatic heterocycles. The molecule has 2 N–H and O–H groups in total. The highest BCUT2D eigenvalue weighted by Crippen LogP contribution is 2.21. The molecule has 0 amide bonds. The van der Waals surface area contributed by atoms with E-state index in [0.717, 1.165) is 11.3 Å². The maximum atomic E-state index is 11.0. The number of ether oxygens (including phenoxy) is 1. The van der Waals surface area contributed by atoms with Crippen LogP contribution in [0.3, 0.4) is 0 Å². The predicted octanol–water partition coefficient (Wildman–Crippen LogP) is 4.16. The van der Waals surface area contributed by atoms with Gasteiger partial charge in [0.2, 0.25) is 4.77 Å². The van der Waals surface area contributed by atoms with E-state index in [1.807, 2.05) is 31.2 Å². The number of aromatic amines is 1. The Bertz CT molecular complexity index is 1100. The van der Waals surface area contributed by atoms with Crippen molar-refractivity contribution in [1.82, 2.24) is 14.9 Å². The minimum atomic E-state index is -0.428. The summed E-state index contributed by atoms with van der Waals surface area (Å²) < 4.78 is 7.29. The van der Waals surface area contributed by atoms with Crippen molar-refractivity contribution in [3.05, 3.63) is 75.1 Å². The SMILES string of the molecule is CCOc1ccc(-c2n[nH]c(=S)n2N/N=C/C=C/c2ccccc2[N+](=O)[O-])cc1. The van der Waals surface area contributed by atoms with Gasteiger partial charge < -0.3 is 4.74 Å². The molecule has 0 aliphatic heterocycles. The number of rotatable bonds is 8. The monoisotopic (exact) mass is 410 g/mol. The third-order valence-corrected chi connectivity index (χ3v) is 4.10. The molecule has 10 heteroatoms. The summed E-state index contributed by atoms with van der Waals surface area (Å²) in [5, 5.41) is 22.0. The van der Waals surface area contributed by atoms with E-state index in [4.69, 9.17) is 17.0 Å². The molecule has 0 saturated heterocycles. The first kappa shape index (κ1) is 20.0. The second kappa shape index (κ2) is 9.42. The third-order valence-electron chi connectivity index (χ3n) is 3.82. The number of para-hydroxylation sites is 1. The normalized spacial score (nSPS) is 11.2. The Morgan fingerprint density at radius 3 is 2.79 bits per heavy atom. The summed E-state index contributed by atoms with van der Waals surface area (Å²) in [6.45, 7) is 2.51. The van der Waals surface area contributed by atoms with Crippen LogP contribution >= 0.6 is 12.2 Å². The Kier molecular flexibility index (Phi) is 6.48. The van der Waals surface area contributed by atoms with Gasteiger partial charge in [0.1, 0.15) is 5.75 Å². The molecule has 0 spiro atoms. The van der Waals surface area contributed by atoms with E-state index < -0.39 is 4.92 Å². The molecule has 0 bridgehead atoms. The van der Waals surface area contributed by atoms with Crippen LogP contribution in [0.2, 0.25) is 0 Å². The molecule has 3 rings (SSSR count). The van der Waals surface area contributed by atoms with Gasteiger partial charge in [0.25, 0.3) is 5.69 Å². The summed E-state index contributed by atoms with van der Waals surface area (Å²) in [5.74, 6) is 1.32. The minimum absolute atomic E-state index is 0.0277. The highest BCUT2D eigenvalue weighted by molar-refractivity contribution is 7.71. The Hall–Kier alpha value is -3.79. The zero-order valence-corrected chi connectivity index (χ0v) is 16.3. The first-order valence-corrected chi connectivity index (χ1v) is 9.10. The van der Waals surface area contributed by atoms with Gasteiger partial charge in [-0.05, 0) is 61.6 Å². The Balaban J connectivity index is 1.72. The molecule has 2 aromatic carbocycles. The molecule has 29 heavy (non-hydrogen) atoms. The van der Waals surface area contributed by atoms with E-state index >= 15 is 0 Å². The first-order chi connectivity index (χ1) is 14.1.